The maximum absolute atomic E-state index is 5.28. The van der Waals surface area contributed by atoms with Gasteiger partial charge in [-0.3, -0.25) is 0 Å². The first kappa shape index (κ1) is 10.1. The molecule has 0 aliphatic carbocycles. The molecule has 0 unspecified atom stereocenters. The minimum atomic E-state index is 0.0913. The lowest BCUT2D eigenvalue weighted by molar-refractivity contribution is 0.363. The Balaban J connectivity index is 1.84. The molecule has 1 aliphatic rings. The molecule has 0 amide bonds. The third-order valence-corrected chi connectivity index (χ3v) is 2.90. The van der Waals surface area contributed by atoms with Gasteiger partial charge >= 0.3 is 0 Å². The van der Waals surface area contributed by atoms with Gasteiger partial charge in [0, 0.05) is 26.2 Å². The van der Waals surface area contributed by atoms with Gasteiger partial charge < -0.3 is 14.7 Å². The lowest BCUT2D eigenvalue weighted by Gasteiger charge is -2.05. The predicted octanol–water partition coefficient (Wildman–Crippen LogP) is 1.84. The zero-order chi connectivity index (χ0) is 11.8. The Morgan fingerprint density at radius 1 is 1.35 bits per heavy atom. The van der Waals surface area contributed by atoms with Crippen LogP contribution in [0, 0.1) is 0 Å². The maximum atomic E-state index is 5.28. The maximum Gasteiger partial charge on any atom is 0.265 e. The van der Waals surface area contributed by atoms with Crippen LogP contribution in [-0.4, -0.2) is 24.2 Å². The van der Waals surface area contributed by atoms with Crippen LogP contribution in [0.4, 0.5) is 11.6 Å². The van der Waals surface area contributed by atoms with Gasteiger partial charge in [0.05, 0.1) is 0 Å². The molecule has 1 N–H and O–H groups in total. The highest BCUT2D eigenvalue weighted by Crippen LogP contribution is 2.33. The number of para-hydroxylation sites is 1. The Morgan fingerprint density at radius 2 is 2.18 bits per heavy atom. The van der Waals surface area contributed by atoms with Crippen LogP contribution in [0.1, 0.15) is 17.5 Å². The molecule has 0 saturated heterocycles. The quantitative estimate of drug-likeness (QED) is 0.853. The van der Waals surface area contributed by atoms with Gasteiger partial charge in [-0.25, -0.2) is 0 Å². The highest BCUT2D eigenvalue weighted by Gasteiger charge is 2.26. The first-order chi connectivity index (χ1) is 8.24. The molecule has 17 heavy (non-hydrogen) atoms. The Kier molecular flexibility index (Phi) is 2.24. The predicted molar refractivity (Wildman–Crippen MR) is 65.1 cm³/mol. The third kappa shape index (κ3) is 1.73. The fraction of sp³-hybridized carbons (Fsp3) is 0.333. The van der Waals surface area contributed by atoms with Crippen molar-refractivity contribution in [3.63, 3.8) is 0 Å². The summed E-state index contributed by atoms with van der Waals surface area (Å²) in [5.74, 6) is 1.25. The number of nitrogens with zero attached hydrogens (tertiary/aromatic N) is 3. The molecule has 3 rings (SSSR count). The van der Waals surface area contributed by atoms with Gasteiger partial charge in [-0.1, -0.05) is 18.2 Å². The summed E-state index contributed by atoms with van der Waals surface area (Å²) in [6, 6.07) is 8.34. The van der Waals surface area contributed by atoms with Gasteiger partial charge in [0.25, 0.3) is 11.8 Å². The summed E-state index contributed by atoms with van der Waals surface area (Å²) in [5.41, 5.74) is 2.45. The van der Waals surface area contributed by atoms with Crippen LogP contribution >= 0.6 is 0 Å². The van der Waals surface area contributed by atoms with Gasteiger partial charge in [-0.05, 0) is 16.8 Å². The van der Waals surface area contributed by atoms with E-state index in [4.69, 9.17) is 4.52 Å². The van der Waals surface area contributed by atoms with Crippen LogP contribution in [0.5, 0.6) is 0 Å². The Morgan fingerprint density at radius 3 is 2.88 bits per heavy atom. The van der Waals surface area contributed by atoms with E-state index in [9.17, 15) is 0 Å². The SMILES string of the molecule is CN(C)c1noc([C@@H]2Cc3ccccc3N2)n1. The van der Waals surface area contributed by atoms with E-state index in [2.05, 4.69) is 27.6 Å². The molecule has 0 radical (unpaired) electrons. The van der Waals surface area contributed by atoms with E-state index in [1.54, 1.807) is 0 Å². The number of fused-ring (bicyclic) bond motifs is 1. The van der Waals surface area contributed by atoms with Gasteiger partial charge in [0.15, 0.2) is 0 Å². The molecule has 0 saturated carbocycles. The van der Waals surface area contributed by atoms with E-state index in [1.165, 1.54) is 5.56 Å². The largest absolute Gasteiger partial charge is 0.373 e. The summed E-state index contributed by atoms with van der Waals surface area (Å²) in [5, 5.41) is 7.31. The van der Waals surface area contributed by atoms with Crippen molar-refractivity contribution < 1.29 is 4.52 Å². The molecule has 2 aromatic rings. The molecule has 1 aromatic heterocycles. The van der Waals surface area contributed by atoms with Crippen molar-refractivity contribution >= 4 is 11.6 Å². The van der Waals surface area contributed by atoms with Crippen LogP contribution in [0.25, 0.3) is 0 Å². The molecule has 1 aliphatic heterocycles. The second kappa shape index (κ2) is 3.76. The standard InChI is InChI=1S/C12H14N4O/c1-16(2)12-14-11(17-15-12)10-7-8-5-3-4-6-9(8)13-10/h3-6,10,13H,7H2,1-2H3/t10-/m0/s1. The molecule has 0 bridgehead atoms. The van der Waals surface area contributed by atoms with E-state index in [1.807, 2.05) is 31.1 Å². The summed E-state index contributed by atoms with van der Waals surface area (Å²) in [6.07, 6.45) is 0.894. The van der Waals surface area contributed by atoms with Crippen molar-refractivity contribution in [2.24, 2.45) is 0 Å². The smallest absolute Gasteiger partial charge is 0.265 e. The molecule has 0 spiro atoms. The van der Waals surface area contributed by atoms with E-state index < -0.39 is 0 Å². The van der Waals surface area contributed by atoms with E-state index >= 15 is 0 Å². The number of hydrogen-bond acceptors (Lipinski definition) is 5. The number of nitrogens with one attached hydrogen (secondary N) is 1. The number of hydrogen-bond donors (Lipinski definition) is 1. The van der Waals surface area contributed by atoms with Crippen molar-refractivity contribution in [2.75, 3.05) is 24.3 Å². The second-order valence-corrected chi connectivity index (χ2v) is 4.39. The van der Waals surface area contributed by atoms with Crippen molar-refractivity contribution in [2.45, 2.75) is 12.5 Å². The van der Waals surface area contributed by atoms with Crippen molar-refractivity contribution in [3.8, 4) is 0 Å². The molecule has 2 heterocycles. The van der Waals surface area contributed by atoms with E-state index in [0.29, 0.717) is 11.8 Å². The van der Waals surface area contributed by atoms with Gasteiger partial charge in [-0.15, -0.1) is 0 Å². The topological polar surface area (TPSA) is 54.2 Å². The van der Waals surface area contributed by atoms with Crippen molar-refractivity contribution in [1.82, 2.24) is 10.1 Å². The lowest BCUT2D eigenvalue weighted by Crippen LogP contribution is -2.11. The summed E-state index contributed by atoms with van der Waals surface area (Å²) >= 11 is 0. The fourth-order valence-corrected chi connectivity index (χ4v) is 2.00. The average Bonchev–Trinajstić information content (AvgIpc) is 2.95. The minimum absolute atomic E-state index is 0.0913. The molecule has 0 fully saturated rings. The summed E-state index contributed by atoms with van der Waals surface area (Å²) < 4.78 is 5.28. The first-order valence-electron chi connectivity index (χ1n) is 5.59. The highest BCUT2D eigenvalue weighted by molar-refractivity contribution is 5.57. The lowest BCUT2D eigenvalue weighted by atomic mass is 10.1. The first-order valence-corrected chi connectivity index (χ1v) is 5.59. The van der Waals surface area contributed by atoms with Gasteiger partial charge in [-0.2, -0.15) is 4.98 Å². The molecular weight excluding hydrogens is 216 g/mol. The fourth-order valence-electron chi connectivity index (χ4n) is 2.00. The minimum Gasteiger partial charge on any atom is -0.373 e. The molecule has 1 atom stereocenters. The molecule has 1 aromatic carbocycles. The molecule has 88 valence electrons. The number of anilines is 2. The van der Waals surface area contributed by atoms with Crippen LogP contribution in [-0.2, 0) is 6.42 Å². The zero-order valence-electron chi connectivity index (χ0n) is 9.84. The molecule has 5 heteroatoms. The number of rotatable bonds is 2. The van der Waals surface area contributed by atoms with Crippen LogP contribution in [0.3, 0.4) is 0 Å². The highest BCUT2D eigenvalue weighted by atomic mass is 16.5. The summed E-state index contributed by atoms with van der Waals surface area (Å²) in [7, 11) is 3.79. The number of aromatic nitrogens is 2. The van der Waals surface area contributed by atoms with E-state index in [-0.39, 0.29) is 6.04 Å². The van der Waals surface area contributed by atoms with Crippen molar-refractivity contribution in [3.05, 3.63) is 35.7 Å². The second-order valence-electron chi connectivity index (χ2n) is 4.39. The Hall–Kier alpha value is -2.04. The Labute approximate surface area is 99.4 Å². The normalized spacial score (nSPS) is 17.6. The van der Waals surface area contributed by atoms with E-state index in [0.717, 1.165) is 12.1 Å². The monoisotopic (exact) mass is 230 g/mol. The molecular formula is C12H14N4O. The van der Waals surface area contributed by atoms with Crippen molar-refractivity contribution in [1.29, 1.82) is 0 Å². The summed E-state index contributed by atoms with van der Waals surface area (Å²) in [4.78, 5) is 6.19. The van der Waals surface area contributed by atoms with Gasteiger partial charge in [0.1, 0.15) is 6.04 Å². The number of benzene rings is 1. The Bertz CT molecular complexity index is 510. The zero-order valence-corrected chi connectivity index (χ0v) is 9.84. The summed E-state index contributed by atoms with van der Waals surface area (Å²) in [6.45, 7) is 0. The molecule has 5 nitrogen and oxygen atoms in total. The van der Waals surface area contributed by atoms with Crippen LogP contribution in [0.15, 0.2) is 28.8 Å². The average molecular weight is 230 g/mol. The third-order valence-electron chi connectivity index (χ3n) is 2.90. The van der Waals surface area contributed by atoms with Crippen LogP contribution in [0.2, 0.25) is 0 Å². The van der Waals surface area contributed by atoms with Gasteiger partial charge in [0.2, 0.25) is 0 Å². The van der Waals surface area contributed by atoms with Crippen LogP contribution < -0.4 is 10.2 Å².